The zero-order valence-corrected chi connectivity index (χ0v) is 8.90. The van der Waals surface area contributed by atoms with E-state index in [1.165, 1.54) is 6.20 Å². The molecule has 0 aromatic carbocycles. The van der Waals surface area contributed by atoms with Crippen molar-refractivity contribution in [2.75, 3.05) is 18.9 Å². The molecule has 16 heavy (non-hydrogen) atoms. The number of ether oxygens (including phenoxy) is 1. The summed E-state index contributed by atoms with van der Waals surface area (Å²) in [5.41, 5.74) is 5.92. The third kappa shape index (κ3) is 3.23. The maximum atomic E-state index is 11.5. The summed E-state index contributed by atoms with van der Waals surface area (Å²) in [7, 11) is 0. The standard InChI is InChI=1S/C10H13N3O3/c1-2-16-8(14)6-13-10(15)9-7(11)4-3-5-12-9/h3-5H,2,6,11H2,1H3,(H,13,15). The molecule has 0 fully saturated rings. The van der Waals surface area contributed by atoms with Gasteiger partial charge in [0, 0.05) is 6.20 Å². The quantitative estimate of drug-likeness (QED) is 0.698. The Morgan fingerprint density at radius 3 is 2.94 bits per heavy atom. The Balaban J connectivity index is 2.54. The molecule has 86 valence electrons. The van der Waals surface area contributed by atoms with Crippen LogP contribution in [-0.4, -0.2) is 30.0 Å². The van der Waals surface area contributed by atoms with Gasteiger partial charge in [-0.25, -0.2) is 4.98 Å². The second kappa shape index (κ2) is 5.69. The van der Waals surface area contributed by atoms with E-state index >= 15 is 0 Å². The molecule has 0 saturated heterocycles. The van der Waals surface area contributed by atoms with Gasteiger partial charge in [-0.2, -0.15) is 0 Å². The van der Waals surface area contributed by atoms with Gasteiger partial charge >= 0.3 is 5.97 Å². The number of nitrogen functional groups attached to an aromatic ring is 1. The first-order valence-electron chi connectivity index (χ1n) is 4.79. The van der Waals surface area contributed by atoms with Gasteiger partial charge in [0.05, 0.1) is 12.3 Å². The van der Waals surface area contributed by atoms with E-state index in [9.17, 15) is 9.59 Å². The van der Waals surface area contributed by atoms with Gasteiger partial charge in [-0.1, -0.05) is 0 Å². The lowest BCUT2D eigenvalue weighted by Gasteiger charge is -2.05. The number of carbonyl (C=O) groups excluding carboxylic acids is 2. The van der Waals surface area contributed by atoms with Crippen LogP contribution in [-0.2, 0) is 9.53 Å². The number of nitrogens with zero attached hydrogens (tertiary/aromatic N) is 1. The Labute approximate surface area is 92.8 Å². The Kier molecular flexibility index (Phi) is 4.26. The van der Waals surface area contributed by atoms with Crippen LogP contribution in [0.25, 0.3) is 0 Å². The van der Waals surface area contributed by atoms with Gasteiger partial charge < -0.3 is 15.8 Å². The predicted molar refractivity (Wildman–Crippen MR) is 57.6 cm³/mol. The fourth-order valence-electron chi connectivity index (χ4n) is 1.06. The molecule has 0 saturated carbocycles. The normalized spacial score (nSPS) is 9.56. The molecule has 1 aromatic heterocycles. The molecule has 3 N–H and O–H groups in total. The minimum absolute atomic E-state index is 0.104. The molecule has 0 radical (unpaired) electrons. The molecule has 6 heteroatoms. The second-order valence-electron chi connectivity index (χ2n) is 2.93. The van der Waals surface area contributed by atoms with Crippen molar-refractivity contribution in [3.63, 3.8) is 0 Å². The number of nitrogens with two attached hydrogens (primary N) is 1. The molecule has 1 aromatic rings. The third-order valence-corrected chi connectivity index (χ3v) is 1.75. The lowest BCUT2D eigenvalue weighted by molar-refractivity contribution is -0.141. The maximum absolute atomic E-state index is 11.5. The van der Waals surface area contributed by atoms with E-state index < -0.39 is 11.9 Å². The van der Waals surface area contributed by atoms with Crippen LogP contribution >= 0.6 is 0 Å². The Hall–Kier alpha value is -2.11. The molecule has 0 atom stereocenters. The van der Waals surface area contributed by atoms with E-state index in [-0.39, 0.29) is 24.5 Å². The van der Waals surface area contributed by atoms with Crippen molar-refractivity contribution >= 4 is 17.6 Å². The van der Waals surface area contributed by atoms with E-state index in [1.807, 2.05) is 0 Å². The van der Waals surface area contributed by atoms with Crippen molar-refractivity contribution in [1.82, 2.24) is 10.3 Å². The number of amides is 1. The Morgan fingerprint density at radius 2 is 2.31 bits per heavy atom. The summed E-state index contributed by atoms with van der Waals surface area (Å²) < 4.78 is 4.65. The lowest BCUT2D eigenvalue weighted by atomic mass is 10.3. The molecule has 0 spiro atoms. The summed E-state index contributed by atoms with van der Waals surface area (Å²) in [4.78, 5) is 26.3. The zero-order valence-electron chi connectivity index (χ0n) is 8.90. The van der Waals surface area contributed by atoms with Crippen LogP contribution in [0.15, 0.2) is 18.3 Å². The van der Waals surface area contributed by atoms with E-state index in [4.69, 9.17) is 5.73 Å². The SMILES string of the molecule is CCOC(=O)CNC(=O)c1ncccc1N. The molecule has 0 unspecified atom stereocenters. The number of aromatic nitrogens is 1. The van der Waals surface area contributed by atoms with Crippen LogP contribution in [0, 0.1) is 0 Å². The monoisotopic (exact) mass is 223 g/mol. The number of nitrogens with one attached hydrogen (secondary N) is 1. The van der Waals surface area contributed by atoms with E-state index in [2.05, 4.69) is 15.0 Å². The highest BCUT2D eigenvalue weighted by atomic mass is 16.5. The van der Waals surface area contributed by atoms with Crippen LogP contribution in [0.5, 0.6) is 0 Å². The topological polar surface area (TPSA) is 94.3 Å². The number of hydrogen-bond donors (Lipinski definition) is 2. The molecule has 0 aliphatic heterocycles. The third-order valence-electron chi connectivity index (χ3n) is 1.75. The minimum atomic E-state index is -0.495. The van der Waals surface area contributed by atoms with Crippen molar-refractivity contribution in [2.45, 2.75) is 6.92 Å². The first-order valence-corrected chi connectivity index (χ1v) is 4.79. The number of hydrogen-bond acceptors (Lipinski definition) is 5. The average molecular weight is 223 g/mol. The Morgan fingerprint density at radius 1 is 1.56 bits per heavy atom. The Bertz CT molecular complexity index is 393. The highest BCUT2D eigenvalue weighted by Gasteiger charge is 2.11. The maximum Gasteiger partial charge on any atom is 0.325 e. The van der Waals surface area contributed by atoms with Crippen LogP contribution in [0.3, 0.4) is 0 Å². The van der Waals surface area contributed by atoms with Gasteiger partial charge in [0.1, 0.15) is 6.54 Å². The smallest absolute Gasteiger partial charge is 0.325 e. The predicted octanol–water partition coefficient (Wildman–Crippen LogP) is -0.0433. The van der Waals surface area contributed by atoms with Gasteiger partial charge in [-0.05, 0) is 19.1 Å². The van der Waals surface area contributed by atoms with Crippen molar-refractivity contribution in [3.05, 3.63) is 24.0 Å². The number of anilines is 1. The summed E-state index contributed by atoms with van der Waals surface area (Å²) in [5.74, 6) is -0.989. The molecule has 6 nitrogen and oxygen atoms in total. The fourth-order valence-corrected chi connectivity index (χ4v) is 1.06. The second-order valence-corrected chi connectivity index (χ2v) is 2.93. The van der Waals surface area contributed by atoms with Gasteiger partial charge in [0.2, 0.25) is 0 Å². The lowest BCUT2D eigenvalue weighted by Crippen LogP contribution is -2.31. The molecular weight excluding hydrogens is 210 g/mol. The summed E-state index contributed by atoms with van der Waals surface area (Å²) in [6, 6.07) is 3.18. The van der Waals surface area contributed by atoms with E-state index in [1.54, 1.807) is 19.1 Å². The van der Waals surface area contributed by atoms with E-state index in [0.717, 1.165) is 0 Å². The number of pyridine rings is 1. The molecule has 1 amide bonds. The average Bonchev–Trinajstić information content (AvgIpc) is 2.27. The van der Waals surface area contributed by atoms with E-state index in [0.29, 0.717) is 0 Å². The summed E-state index contributed by atoms with van der Waals surface area (Å²) in [6.45, 7) is 1.78. The summed E-state index contributed by atoms with van der Waals surface area (Å²) >= 11 is 0. The van der Waals surface area contributed by atoms with Gasteiger partial charge in [-0.3, -0.25) is 9.59 Å². The van der Waals surface area contributed by atoms with Crippen molar-refractivity contribution in [2.24, 2.45) is 0 Å². The van der Waals surface area contributed by atoms with Crippen LogP contribution < -0.4 is 11.1 Å². The fraction of sp³-hybridized carbons (Fsp3) is 0.300. The minimum Gasteiger partial charge on any atom is -0.465 e. The van der Waals surface area contributed by atoms with Crippen molar-refractivity contribution < 1.29 is 14.3 Å². The summed E-state index contributed by atoms with van der Waals surface area (Å²) in [5, 5.41) is 2.37. The summed E-state index contributed by atoms with van der Waals surface area (Å²) in [6.07, 6.45) is 1.45. The van der Waals surface area contributed by atoms with Crippen LogP contribution in [0.1, 0.15) is 17.4 Å². The molecule has 1 rings (SSSR count). The van der Waals surface area contributed by atoms with Crippen LogP contribution in [0.4, 0.5) is 5.69 Å². The van der Waals surface area contributed by atoms with Crippen LogP contribution in [0.2, 0.25) is 0 Å². The zero-order chi connectivity index (χ0) is 12.0. The first-order chi connectivity index (χ1) is 7.65. The van der Waals surface area contributed by atoms with Crippen molar-refractivity contribution in [1.29, 1.82) is 0 Å². The largest absolute Gasteiger partial charge is 0.465 e. The molecule has 0 bridgehead atoms. The molecular formula is C10H13N3O3. The molecule has 0 aliphatic carbocycles. The van der Waals surface area contributed by atoms with Gasteiger partial charge in [0.25, 0.3) is 5.91 Å². The number of esters is 1. The molecule has 1 heterocycles. The van der Waals surface area contributed by atoms with Crippen molar-refractivity contribution in [3.8, 4) is 0 Å². The highest BCUT2D eigenvalue weighted by molar-refractivity contribution is 5.98. The number of rotatable bonds is 4. The van der Waals surface area contributed by atoms with Gasteiger partial charge in [0.15, 0.2) is 5.69 Å². The van der Waals surface area contributed by atoms with Gasteiger partial charge in [-0.15, -0.1) is 0 Å². The number of carbonyl (C=O) groups is 2. The highest BCUT2D eigenvalue weighted by Crippen LogP contribution is 2.05. The first kappa shape index (κ1) is 12.0. The molecule has 0 aliphatic rings.